The number of benzene rings is 2. The number of carbonyl (C=O) groups excluding carboxylic acids is 1. The summed E-state index contributed by atoms with van der Waals surface area (Å²) in [6.45, 7) is -1.52. The Morgan fingerprint density at radius 3 is 2.02 bits per heavy atom. The molecule has 2 aromatic carbocycles. The quantitative estimate of drug-likeness (QED) is 0.158. The predicted molar refractivity (Wildman–Crippen MR) is 135 cm³/mol. The highest BCUT2D eigenvalue weighted by Crippen LogP contribution is 2.48. The summed E-state index contributed by atoms with van der Waals surface area (Å²) in [5.74, 6) is -4.60. The Kier molecular flexibility index (Phi) is 8.25. The van der Waals surface area contributed by atoms with Crippen molar-refractivity contribution < 1.29 is 74.9 Å². The van der Waals surface area contributed by atoms with Gasteiger partial charge in [-0.15, -0.1) is 0 Å². The number of ketones is 1. The number of aromatic carboxylic acids is 1. The second-order valence-corrected chi connectivity index (χ2v) is 10.4. The van der Waals surface area contributed by atoms with Gasteiger partial charge in [0, 0.05) is 5.92 Å². The summed E-state index contributed by atoms with van der Waals surface area (Å²) in [6, 6.07) is 6.03. The number of carboxylic acid groups (broad SMARTS) is 1. The molecule has 0 spiro atoms. The number of fused-ring (bicyclic) bond motifs is 2. The first kappa shape index (κ1) is 30.2. The molecule has 0 unspecified atom stereocenters. The summed E-state index contributed by atoms with van der Waals surface area (Å²) in [5, 5.41) is 102. The molecule has 10 N–H and O–H groups in total. The van der Waals surface area contributed by atoms with E-state index in [1.54, 1.807) is 0 Å². The van der Waals surface area contributed by atoms with Crippen LogP contribution in [0.25, 0.3) is 0 Å². The Morgan fingerprint density at radius 1 is 0.786 bits per heavy atom. The maximum atomic E-state index is 13.9. The predicted octanol–water partition coefficient (Wildman–Crippen LogP) is -3.21. The SMILES string of the molecule is O=C(O)c1cc(O)c2c(c1)[C@H]([C@H]1O[C@H](CO)[C@@H](O)[C@H](O)[C@H]1O)c1cccc(O[C@@H]3O[C@H](CO)[C@@H](O)[C@H](O)[C@H]3O)c1C2=O. The summed E-state index contributed by atoms with van der Waals surface area (Å²) in [7, 11) is 0. The normalized spacial score (nSPS) is 36.2. The average Bonchev–Trinajstić information content (AvgIpc) is 2.96. The smallest absolute Gasteiger partial charge is 0.335 e. The lowest BCUT2D eigenvalue weighted by molar-refractivity contribution is -0.277. The van der Waals surface area contributed by atoms with Crippen molar-refractivity contribution in [2.75, 3.05) is 13.2 Å². The van der Waals surface area contributed by atoms with E-state index in [9.17, 15) is 60.7 Å². The van der Waals surface area contributed by atoms with Crippen LogP contribution in [0.2, 0.25) is 0 Å². The summed E-state index contributed by atoms with van der Waals surface area (Å²) >= 11 is 0. The summed E-state index contributed by atoms with van der Waals surface area (Å²) < 4.78 is 16.9. The van der Waals surface area contributed by atoms with Crippen LogP contribution in [0.1, 0.15) is 43.3 Å². The van der Waals surface area contributed by atoms with Gasteiger partial charge in [0.1, 0.15) is 60.3 Å². The Labute approximate surface area is 237 Å². The zero-order chi connectivity index (χ0) is 30.6. The molecule has 2 aliphatic heterocycles. The zero-order valence-electron chi connectivity index (χ0n) is 21.7. The highest BCUT2D eigenvalue weighted by atomic mass is 16.7. The van der Waals surface area contributed by atoms with Crippen molar-refractivity contribution in [3.63, 3.8) is 0 Å². The number of aliphatic hydroxyl groups excluding tert-OH is 8. The van der Waals surface area contributed by atoms with E-state index in [2.05, 4.69) is 0 Å². The lowest BCUT2D eigenvalue weighted by atomic mass is 9.71. The first-order valence-electron chi connectivity index (χ1n) is 13.0. The molecular formula is C27H30O15. The van der Waals surface area contributed by atoms with E-state index in [4.69, 9.17) is 14.2 Å². The number of hydrogen-bond acceptors (Lipinski definition) is 14. The minimum atomic E-state index is -1.84. The maximum Gasteiger partial charge on any atom is 0.335 e. The van der Waals surface area contributed by atoms with E-state index in [-0.39, 0.29) is 28.0 Å². The fourth-order valence-electron chi connectivity index (χ4n) is 5.76. The van der Waals surface area contributed by atoms with Crippen LogP contribution < -0.4 is 4.74 Å². The van der Waals surface area contributed by atoms with Crippen LogP contribution in [0, 0.1) is 0 Å². The molecule has 11 atom stereocenters. The molecule has 0 amide bonds. The molecule has 3 aliphatic rings. The van der Waals surface area contributed by atoms with Crippen molar-refractivity contribution in [2.45, 2.75) is 67.1 Å². The first-order chi connectivity index (χ1) is 19.9. The lowest BCUT2D eigenvalue weighted by Gasteiger charge is -2.45. The summed E-state index contributed by atoms with van der Waals surface area (Å²) in [4.78, 5) is 25.7. The van der Waals surface area contributed by atoms with Gasteiger partial charge in [-0.1, -0.05) is 12.1 Å². The largest absolute Gasteiger partial charge is 0.507 e. The minimum Gasteiger partial charge on any atom is -0.507 e. The van der Waals surface area contributed by atoms with Crippen molar-refractivity contribution in [3.8, 4) is 11.5 Å². The number of aromatic hydroxyl groups is 1. The number of hydrogen-bond donors (Lipinski definition) is 10. The van der Waals surface area contributed by atoms with Gasteiger partial charge in [-0.05, 0) is 29.3 Å². The Morgan fingerprint density at radius 2 is 1.40 bits per heavy atom. The van der Waals surface area contributed by atoms with Crippen LogP contribution in [0.4, 0.5) is 0 Å². The number of carbonyl (C=O) groups is 2. The molecule has 0 saturated carbocycles. The number of phenolic OH excluding ortho intramolecular Hbond substituents is 1. The van der Waals surface area contributed by atoms with Crippen molar-refractivity contribution in [2.24, 2.45) is 0 Å². The molecule has 2 heterocycles. The number of rotatable bonds is 6. The maximum absolute atomic E-state index is 13.9. The molecule has 5 rings (SSSR count). The van der Waals surface area contributed by atoms with Gasteiger partial charge in [-0.3, -0.25) is 4.79 Å². The van der Waals surface area contributed by atoms with Crippen molar-refractivity contribution in [3.05, 3.63) is 58.1 Å². The van der Waals surface area contributed by atoms with Gasteiger partial charge >= 0.3 is 5.97 Å². The number of ether oxygens (including phenoxy) is 3. The standard InChI is InChI=1S/C27H30O15/c28-6-13-18(31)21(34)23(36)25(40-13)15-9-2-1-3-12(41-27-24(37)22(35)19(32)14(7-29)42-27)17(9)20(33)16-10(15)4-8(26(38)39)5-11(16)30/h1-5,13-15,18-19,21-25,27-32,34-37H,6-7H2,(H,38,39)/t13-,14-,15-,18-,19-,21+,22+,23-,24-,25-,27-/m1/s1. The van der Waals surface area contributed by atoms with Crippen LogP contribution in [-0.2, 0) is 9.47 Å². The molecule has 15 nitrogen and oxygen atoms in total. The molecule has 2 saturated heterocycles. The molecule has 1 aliphatic carbocycles. The van der Waals surface area contributed by atoms with Gasteiger partial charge in [-0.25, -0.2) is 4.79 Å². The van der Waals surface area contributed by atoms with Crippen LogP contribution in [0.5, 0.6) is 11.5 Å². The first-order valence-corrected chi connectivity index (χ1v) is 13.0. The van der Waals surface area contributed by atoms with E-state index in [1.807, 2.05) is 0 Å². The molecule has 0 aromatic heterocycles. The van der Waals surface area contributed by atoms with Crippen molar-refractivity contribution >= 4 is 11.8 Å². The van der Waals surface area contributed by atoms with Gasteiger partial charge in [0.15, 0.2) is 0 Å². The second-order valence-electron chi connectivity index (χ2n) is 10.4. The van der Waals surface area contributed by atoms with Crippen LogP contribution in [-0.4, -0.2) is 137 Å². The highest BCUT2D eigenvalue weighted by molar-refractivity contribution is 6.16. The second kappa shape index (κ2) is 11.5. The molecule has 0 bridgehead atoms. The monoisotopic (exact) mass is 594 g/mol. The lowest BCUT2D eigenvalue weighted by Crippen LogP contribution is -2.60. The van der Waals surface area contributed by atoms with Gasteiger partial charge in [-0.2, -0.15) is 0 Å². The molecule has 228 valence electrons. The Balaban J connectivity index is 1.66. The van der Waals surface area contributed by atoms with Gasteiger partial charge in [0.05, 0.1) is 36.0 Å². The van der Waals surface area contributed by atoms with E-state index >= 15 is 0 Å². The third-order valence-corrected chi connectivity index (χ3v) is 7.93. The molecule has 15 heteroatoms. The third kappa shape index (κ3) is 4.83. The third-order valence-electron chi connectivity index (χ3n) is 7.93. The van der Waals surface area contributed by atoms with E-state index in [0.29, 0.717) is 0 Å². The molecule has 42 heavy (non-hydrogen) atoms. The molecule has 2 fully saturated rings. The molecule has 0 radical (unpaired) electrons. The van der Waals surface area contributed by atoms with Gasteiger partial charge in [0.2, 0.25) is 12.1 Å². The average molecular weight is 595 g/mol. The van der Waals surface area contributed by atoms with E-state index in [0.717, 1.165) is 12.1 Å². The van der Waals surface area contributed by atoms with Crippen molar-refractivity contribution in [1.82, 2.24) is 0 Å². The van der Waals surface area contributed by atoms with Crippen LogP contribution in [0.15, 0.2) is 30.3 Å². The highest BCUT2D eigenvalue weighted by Gasteiger charge is 2.51. The van der Waals surface area contributed by atoms with E-state index < -0.39 is 103 Å². The fourth-order valence-corrected chi connectivity index (χ4v) is 5.76. The topological polar surface area (TPSA) is 264 Å². The number of phenols is 1. The van der Waals surface area contributed by atoms with E-state index in [1.165, 1.54) is 18.2 Å². The summed E-state index contributed by atoms with van der Waals surface area (Å²) in [6.07, 6.45) is -16.6. The number of carboxylic acids is 1. The van der Waals surface area contributed by atoms with Gasteiger partial charge in [0.25, 0.3) is 0 Å². The fraction of sp³-hybridized carbons (Fsp3) is 0.481. The summed E-state index contributed by atoms with van der Waals surface area (Å²) in [5.41, 5.74) is -1.09. The molecular weight excluding hydrogens is 564 g/mol. The number of aliphatic hydroxyl groups is 8. The zero-order valence-corrected chi connectivity index (χ0v) is 21.7. The van der Waals surface area contributed by atoms with Crippen molar-refractivity contribution in [1.29, 1.82) is 0 Å². The molecule has 2 aromatic rings. The van der Waals surface area contributed by atoms with Crippen LogP contribution in [0.3, 0.4) is 0 Å². The Hall–Kier alpha value is -3.22. The van der Waals surface area contributed by atoms with Crippen LogP contribution >= 0.6 is 0 Å². The minimum absolute atomic E-state index is 0.0564. The Bertz CT molecular complexity index is 1360. The van der Waals surface area contributed by atoms with Gasteiger partial charge < -0.3 is 65.3 Å².